The van der Waals surface area contributed by atoms with Crippen LogP contribution in [-0.2, 0) is 0 Å². The zero-order valence-corrected chi connectivity index (χ0v) is 14.3. The molecule has 5 rings (SSSR count). The summed E-state index contributed by atoms with van der Waals surface area (Å²) in [6, 6.07) is 25.8. The number of rotatable bonds is 4. The van der Waals surface area contributed by atoms with Crippen LogP contribution >= 0.6 is 0 Å². The van der Waals surface area contributed by atoms with Crippen LogP contribution in [0.3, 0.4) is 0 Å². The molecule has 0 fully saturated rings. The third-order valence-electron chi connectivity index (χ3n) is 4.34. The molecule has 2 aromatic heterocycles. The topological polar surface area (TPSA) is 78.5 Å². The number of fused-ring (bicyclic) bond motifs is 2. The van der Waals surface area contributed by atoms with Gasteiger partial charge in [0.15, 0.2) is 5.82 Å². The smallest absolute Gasteiger partial charge is 0.229 e. The fourth-order valence-corrected chi connectivity index (χ4v) is 3.05. The van der Waals surface area contributed by atoms with E-state index in [1.54, 1.807) is 0 Å². The van der Waals surface area contributed by atoms with Gasteiger partial charge in [-0.25, -0.2) is 4.98 Å². The summed E-state index contributed by atoms with van der Waals surface area (Å²) in [5.41, 5.74) is 2.76. The number of para-hydroxylation sites is 3. The lowest BCUT2D eigenvalue weighted by Gasteiger charge is -2.11. The van der Waals surface area contributed by atoms with Crippen LogP contribution in [0.1, 0.15) is 7.43 Å². The Balaban J connectivity index is 0.00000192. The van der Waals surface area contributed by atoms with Crippen molar-refractivity contribution in [1.82, 2.24) is 20.2 Å². The van der Waals surface area contributed by atoms with E-state index in [0.29, 0.717) is 11.8 Å². The van der Waals surface area contributed by atoms with Gasteiger partial charge in [-0.15, -0.1) is 0 Å². The fraction of sp³-hybridized carbons (Fsp3) is 0.0455. The number of benzene rings is 3. The van der Waals surface area contributed by atoms with Crippen molar-refractivity contribution in [3.8, 4) is 0 Å². The van der Waals surface area contributed by atoms with Gasteiger partial charge in [-0.3, -0.25) is 5.10 Å². The van der Waals surface area contributed by atoms with Crippen molar-refractivity contribution in [2.75, 3.05) is 10.6 Å². The Labute approximate surface area is 162 Å². The molecule has 0 saturated carbocycles. The van der Waals surface area contributed by atoms with Gasteiger partial charge in [0.05, 0.1) is 11.0 Å². The normalized spacial score (nSPS) is 10.6. The molecule has 0 bridgehead atoms. The number of H-pyrrole nitrogens is 1. The third-order valence-corrected chi connectivity index (χ3v) is 4.34. The number of anilines is 4. The predicted octanol–water partition coefficient (Wildman–Crippen LogP) is 5.63. The second-order valence-electron chi connectivity index (χ2n) is 6.15. The largest absolute Gasteiger partial charge is 0.324 e. The van der Waals surface area contributed by atoms with E-state index in [4.69, 9.17) is 4.98 Å². The Morgan fingerprint density at radius 2 is 1.36 bits per heavy atom. The van der Waals surface area contributed by atoms with Crippen LogP contribution in [0.25, 0.3) is 21.8 Å². The molecule has 3 aromatic carbocycles. The average molecular weight is 368 g/mol. The Hall–Kier alpha value is -3.93. The summed E-state index contributed by atoms with van der Waals surface area (Å²) < 4.78 is 0. The zero-order valence-electron chi connectivity index (χ0n) is 14.3. The van der Waals surface area contributed by atoms with Crippen molar-refractivity contribution in [1.29, 1.82) is 0 Å². The molecule has 0 atom stereocenters. The molecule has 2 heterocycles. The van der Waals surface area contributed by atoms with Gasteiger partial charge in [-0.1, -0.05) is 49.9 Å². The lowest BCUT2D eigenvalue weighted by atomic mass is 10.2. The van der Waals surface area contributed by atoms with E-state index >= 15 is 0 Å². The van der Waals surface area contributed by atoms with Crippen LogP contribution in [0.4, 0.5) is 23.3 Å². The molecule has 6 nitrogen and oxygen atoms in total. The molecule has 0 unspecified atom stereocenters. The number of hydrogen-bond acceptors (Lipinski definition) is 5. The Morgan fingerprint density at radius 1 is 0.643 bits per heavy atom. The molecule has 0 amide bonds. The molecule has 28 heavy (non-hydrogen) atoms. The van der Waals surface area contributed by atoms with Crippen LogP contribution in [-0.4, -0.2) is 20.2 Å². The summed E-state index contributed by atoms with van der Waals surface area (Å²) in [5, 5.41) is 16.0. The maximum absolute atomic E-state index is 4.69. The van der Waals surface area contributed by atoms with Crippen molar-refractivity contribution >= 4 is 45.1 Å². The van der Waals surface area contributed by atoms with Crippen molar-refractivity contribution in [2.24, 2.45) is 0 Å². The standard InChI is InChI=1S/C21H16N6.CH4/c1-2-8-14(9-3-1)22-21-23-17-12-6-4-10-15(17)19(25-21)24-20-16-11-5-7-13-18(16)26-27-20;/h1-13H,(H3,22,23,24,25,26,27);1H4. The number of hydrogen-bond donors (Lipinski definition) is 3. The van der Waals surface area contributed by atoms with Gasteiger partial charge >= 0.3 is 0 Å². The van der Waals surface area contributed by atoms with E-state index in [1.165, 1.54) is 0 Å². The Morgan fingerprint density at radius 3 is 2.21 bits per heavy atom. The summed E-state index contributed by atoms with van der Waals surface area (Å²) in [6.45, 7) is 0. The van der Waals surface area contributed by atoms with Gasteiger partial charge in [0.1, 0.15) is 5.82 Å². The lowest BCUT2D eigenvalue weighted by molar-refractivity contribution is 1.11. The van der Waals surface area contributed by atoms with Crippen LogP contribution in [0.5, 0.6) is 0 Å². The summed E-state index contributed by atoms with van der Waals surface area (Å²) in [7, 11) is 0. The van der Waals surface area contributed by atoms with E-state index in [9.17, 15) is 0 Å². The van der Waals surface area contributed by atoms with Gasteiger partial charge in [-0.05, 0) is 36.4 Å². The molecule has 5 aromatic rings. The van der Waals surface area contributed by atoms with Crippen molar-refractivity contribution in [3.63, 3.8) is 0 Å². The molecule has 0 radical (unpaired) electrons. The summed E-state index contributed by atoms with van der Waals surface area (Å²) >= 11 is 0. The van der Waals surface area contributed by atoms with Crippen LogP contribution in [0.15, 0.2) is 78.9 Å². The van der Waals surface area contributed by atoms with Crippen molar-refractivity contribution < 1.29 is 0 Å². The second kappa shape index (κ2) is 7.36. The van der Waals surface area contributed by atoms with Gasteiger partial charge < -0.3 is 10.6 Å². The second-order valence-corrected chi connectivity index (χ2v) is 6.15. The molecule has 3 N–H and O–H groups in total. The highest BCUT2D eigenvalue weighted by Crippen LogP contribution is 2.28. The number of nitrogens with one attached hydrogen (secondary N) is 3. The zero-order chi connectivity index (χ0) is 18.1. The predicted molar refractivity (Wildman–Crippen MR) is 115 cm³/mol. The van der Waals surface area contributed by atoms with Gasteiger partial charge in [0.2, 0.25) is 5.95 Å². The minimum Gasteiger partial charge on any atom is -0.324 e. The lowest BCUT2D eigenvalue weighted by Crippen LogP contribution is -2.02. The van der Waals surface area contributed by atoms with Gasteiger partial charge in [0.25, 0.3) is 0 Å². The minimum absolute atomic E-state index is 0. The van der Waals surface area contributed by atoms with E-state index in [-0.39, 0.29) is 7.43 Å². The molecule has 0 aliphatic rings. The SMILES string of the molecule is C.c1ccc(Nc2nc(Nc3n[nH]c4ccccc34)c3ccccc3n2)cc1. The maximum Gasteiger partial charge on any atom is 0.229 e. The highest BCUT2D eigenvalue weighted by Gasteiger charge is 2.11. The molecule has 0 aliphatic carbocycles. The molecular weight excluding hydrogens is 348 g/mol. The fourth-order valence-electron chi connectivity index (χ4n) is 3.05. The van der Waals surface area contributed by atoms with E-state index < -0.39 is 0 Å². The van der Waals surface area contributed by atoms with Crippen LogP contribution in [0.2, 0.25) is 0 Å². The Kier molecular flexibility index (Phi) is 4.60. The molecular formula is C22H20N6. The van der Waals surface area contributed by atoms with Gasteiger partial charge in [0, 0.05) is 16.5 Å². The minimum atomic E-state index is 0. The molecule has 0 aliphatic heterocycles. The highest BCUT2D eigenvalue weighted by molar-refractivity contribution is 5.96. The first-order chi connectivity index (χ1) is 13.4. The summed E-state index contributed by atoms with van der Waals surface area (Å²) in [6.07, 6.45) is 0. The maximum atomic E-state index is 4.69. The van der Waals surface area contributed by atoms with Crippen molar-refractivity contribution in [2.45, 2.75) is 7.43 Å². The van der Waals surface area contributed by atoms with Crippen LogP contribution in [0, 0.1) is 0 Å². The number of aromatic amines is 1. The monoisotopic (exact) mass is 368 g/mol. The quantitative estimate of drug-likeness (QED) is 0.383. The first-order valence-corrected chi connectivity index (χ1v) is 8.66. The van der Waals surface area contributed by atoms with E-state index in [2.05, 4.69) is 25.8 Å². The van der Waals surface area contributed by atoms with E-state index in [1.807, 2.05) is 78.9 Å². The average Bonchev–Trinajstić information content (AvgIpc) is 3.12. The van der Waals surface area contributed by atoms with E-state index in [0.717, 1.165) is 33.3 Å². The van der Waals surface area contributed by atoms with Gasteiger partial charge in [-0.2, -0.15) is 10.1 Å². The summed E-state index contributed by atoms with van der Waals surface area (Å²) in [5.74, 6) is 1.97. The molecule has 138 valence electrons. The molecule has 0 saturated heterocycles. The first kappa shape index (κ1) is 17.5. The van der Waals surface area contributed by atoms with Crippen molar-refractivity contribution in [3.05, 3.63) is 78.9 Å². The first-order valence-electron chi connectivity index (χ1n) is 8.66. The molecule has 6 heteroatoms. The number of nitrogens with zero attached hydrogens (tertiary/aromatic N) is 3. The highest BCUT2D eigenvalue weighted by atomic mass is 15.2. The van der Waals surface area contributed by atoms with Crippen LogP contribution < -0.4 is 10.6 Å². The third kappa shape index (κ3) is 3.23. The Bertz CT molecular complexity index is 1230. The summed E-state index contributed by atoms with van der Waals surface area (Å²) in [4.78, 5) is 9.32. The number of aromatic nitrogens is 4. The molecule has 0 spiro atoms.